The van der Waals surface area contributed by atoms with E-state index in [1.165, 1.54) is 38.5 Å². The zero-order chi connectivity index (χ0) is 16.0. The number of aliphatic hydroxyl groups excluding tert-OH is 2. The minimum absolute atomic E-state index is 0.0810. The third-order valence-electron chi connectivity index (χ3n) is 6.37. The van der Waals surface area contributed by atoms with E-state index in [0.717, 1.165) is 23.3 Å². The van der Waals surface area contributed by atoms with Crippen molar-refractivity contribution in [3.63, 3.8) is 0 Å². The van der Waals surface area contributed by atoms with Gasteiger partial charge in [-0.3, -0.25) is 0 Å². The Balaban J connectivity index is 1.43. The van der Waals surface area contributed by atoms with Gasteiger partial charge in [-0.25, -0.2) is 0 Å². The largest absolute Gasteiger partial charge is 0.508 e. The molecule has 0 unspecified atom stereocenters. The molecule has 4 nitrogen and oxygen atoms in total. The second-order valence-corrected chi connectivity index (χ2v) is 8.14. The molecule has 0 spiro atoms. The molecule has 4 aliphatic rings. The first kappa shape index (κ1) is 15.4. The quantitative estimate of drug-likeness (QED) is 0.673. The first-order valence-corrected chi connectivity index (χ1v) is 8.92. The highest BCUT2D eigenvalue weighted by Crippen LogP contribution is 2.55. The number of rotatable bonds is 5. The number of hydrogen-bond acceptors (Lipinski definition) is 4. The summed E-state index contributed by atoms with van der Waals surface area (Å²) in [4.78, 5) is 0. The van der Waals surface area contributed by atoms with Crippen molar-refractivity contribution >= 4 is 0 Å². The fraction of sp³-hybridized carbons (Fsp3) is 0.684. The third-order valence-corrected chi connectivity index (χ3v) is 6.37. The molecular weight excluding hydrogens is 290 g/mol. The lowest BCUT2D eigenvalue weighted by molar-refractivity contribution is -0.0248. The van der Waals surface area contributed by atoms with Crippen LogP contribution >= 0.6 is 0 Å². The van der Waals surface area contributed by atoms with Crippen LogP contribution in [0.25, 0.3) is 0 Å². The lowest BCUT2D eigenvalue weighted by Crippen LogP contribution is -2.59. The van der Waals surface area contributed by atoms with Gasteiger partial charge in [-0.2, -0.15) is 0 Å². The number of β-amino-alcohol motifs (C(OH)–C–C–N with tert-alkyl or cyclic N) is 1. The number of hydrogen-bond donors (Lipinski definition) is 4. The summed E-state index contributed by atoms with van der Waals surface area (Å²) in [5.74, 6) is 2.75. The van der Waals surface area contributed by atoms with Crippen molar-refractivity contribution in [2.75, 3.05) is 6.54 Å². The molecule has 4 aliphatic carbocycles. The number of aromatic hydroxyl groups is 1. The number of benzene rings is 1. The van der Waals surface area contributed by atoms with Gasteiger partial charge in [0.15, 0.2) is 0 Å². The Morgan fingerprint density at radius 1 is 1.09 bits per heavy atom. The second-order valence-electron chi connectivity index (χ2n) is 8.14. The summed E-state index contributed by atoms with van der Waals surface area (Å²) >= 11 is 0. The van der Waals surface area contributed by atoms with Crippen LogP contribution in [-0.4, -0.2) is 27.4 Å². The monoisotopic (exact) mass is 317 g/mol. The van der Waals surface area contributed by atoms with Gasteiger partial charge in [-0.15, -0.1) is 0 Å². The molecule has 0 aliphatic heterocycles. The number of nitrogens with one attached hydrogen (secondary N) is 1. The molecule has 4 heteroatoms. The highest BCUT2D eigenvalue weighted by atomic mass is 16.3. The van der Waals surface area contributed by atoms with E-state index in [0.29, 0.717) is 12.1 Å². The summed E-state index contributed by atoms with van der Waals surface area (Å²) in [6, 6.07) is 4.98. The topological polar surface area (TPSA) is 72.7 Å². The predicted octanol–water partition coefficient (Wildman–Crippen LogP) is 2.48. The van der Waals surface area contributed by atoms with Crippen molar-refractivity contribution in [3.8, 4) is 5.75 Å². The fourth-order valence-electron chi connectivity index (χ4n) is 5.70. The van der Waals surface area contributed by atoms with Gasteiger partial charge in [0.1, 0.15) is 5.75 Å². The molecule has 0 saturated heterocycles. The molecule has 4 saturated carbocycles. The van der Waals surface area contributed by atoms with E-state index in [9.17, 15) is 15.3 Å². The van der Waals surface area contributed by atoms with Gasteiger partial charge in [0.2, 0.25) is 0 Å². The van der Waals surface area contributed by atoms with E-state index in [2.05, 4.69) is 5.32 Å². The van der Waals surface area contributed by atoms with Crippen LogP contribution in [0.4, 0.5) is 0 Å². The molecule has 4 bridgehead atoms. The zero-order valence-corrected chi connectivity index (χ0v) is 13.5. The molecule has 0 amide bonds. The summed E-state index contributed by atoms with van der Waals surface area (Å²) in [5.41, 5.74) is 1.47. The molecule has 1 atom stereocenters. The smallest absolute Gasteiger partial charge is 0.121 e. The van der Waals surface area contributed by atoms with Crippen LogP contribution in [-0.2, 0) is 6.61 Å². The summed E-state index contributed by atoms with van der Waals surface area (Å²) < 4.78 is 0. The van der Waals surface area contributed by atoms with E-state index in [4.69, 9.17) is 0 Å². The highest BCUT2D eigenvalue weighted by molar-refractivity contribution is 5.36. The molecule has 0 aromatic heterocycles. The molecule has 4 N–H and O–H groups in total. The van der Waals surface area contributed by atoms with Gasteiger partial charge in [-0.1, -0.05) is 6.07 Å². The average Bonchev–Trinajstić information content (AvgIpc) is 2.52. The van der Waals surface area contributed by atoms with E-state index >= 15 is 0 Å². The van der Waals surface area contributed by atoms with Crippen LogP contribution in [0.15, 0.2) is 18.2 Å². The Morgan fingerprint density at radius 3 is 2.26 bits per heavy atom. The Kier molecular flexibility index (Phi) is 3.87. The minimum atomic E-state index is -0.603. The maximum atomic E-state index is 10.5. The molecule has 4 fully saturated rings. The fourth-order valence-corrected chi connectivity index (χ4v) is 5.70. The van der Waals surface area contributed by atoms with Crippen molar-refractivity contribution in [1.82, 2.24) is 5.32 Å². The zero-order valence-electron chi connectivity index (χ0n) is 13.5. The SMILES string of the molecule is OCc1cc([C@H](O)CNC23CC4CC(CC(C4)C2)C3)ccc1O. The lowest BCUT2D eigenvalue weighted by Gasteiger charge is -2.57. The van der Waals surface area contributed by atoms with Crippen LogP contribution in [0.1, 0.15) is 55.8 Å². The standard InChI is InChI=1S/C19H27NO3/c21-11-16-6-15(1-2-17(16)22)18(23)10-20-19-7-12-3-13(8-19)5-14(4-12)9-19/h1-2,6,12-14,18,20-23H,3-5,7-11H2/t12?,13?,14?,18-,19?/m1/s1. The van der Waals surface area contributed by atoms with Crippen molar-refractivity contribution in [1.29, 1.82) is 0 Å². The first-order valence-electron chi connectivity index (χ1n) is 8.92. The van der Waals surface area contributed by atoms with Crippen molar-refractivity contribution in [3.05, 3.63) is 29.3 Å². The highest BCUT2D eigenvalue weighted by Gasteiger charge is 2.50. The summed E-state index contributed by atoms with van der Waals surface area (Å²) in [6.07, 6.45) is 7.45. The summed E-state index contributed by atoms with van der Waals surface area (Å²) in [6.45, 7) is 0.330. The molecule has 23 heavy (non-hydrogen) atoms. The van der Waals surface area contributed by atoms with Crippen molar-refractivity contribution in [2.24, 2.45) is 17.8 Å². The molecule has 0 heterocycles. The second kappa shape index (κ2) is 5.76. The van der Waals surface area contributed by atoms with Crippen LogP contribution < -0.4 is 5.32 Å². The molecule has 1 aromatic rings. The Hall–Kier alpha value is -1.10. The van der Waals surface area contributed by atoms with Gasteiger partial charge < -0.3 is 20.6 Å². The van der Waals surface area contributed by atoms with Gasteiger partial charge in [0, 0.05) is 17.6 Å². The van der Waals surface area contributed by atoms with Crippen LogP contribution in [0.5, 0.6) is 5.75 Å². The Morgan fingerprint density at radius 2 is 1.70 bits per heavy atom. The van der Waals surface area contributed by atoms with Crippen molar-refractivity contribution in [2.45, 2.75) is 56.8 Å². The third kappa shape index (κ3) is 2.88. The number of aliphatic hydroxyl groups is 2. The summed E-state index contributed by atoms with van der Waals surface area (Å²) in [7, 11) is 0. The van der Waals surface area contributed by atoms with E-state index in [-0.39, 0.29) is 17.9 Å². The van der Waals surface area contributed by atoms with Crippen LogP contribution in [0.3, 0.4) is 0 Å². The Labute approximate surface area is 137 Å². The van der Waals surface area contributed by atoms with Crippen LogP contribution in [0, 0.1) is 17.8 Å². The normalized spacial score (nSPS) is 36.3. The van der Waals surface area contributed by atoms with Gasteiger partial charge in [-0.05, 0) is 74.0 Å². The Bertz CT molecular complexity index is 551. The maximum Gasteiger partial charge on any atom is 0.121 e. The van der Waals surface area contributed by atoms with E-state index in [1.807, 2.05) is 0 Å². The van der Waals surface area contributed by atoms with E-state index in [1.54, 1.807) is 18.2 Å². The van der Waals surface area contributed by atoms with Crippen LogP contribution in [0.2, 0.25) is 0 Å². The lowest BCUT2D eigenvalue weighted by atomic mass is 9.53. The van der Waals surface area contributed by atoms with Gasteiger partial charge >= 0.3 is 0 Å². The molecular formula is C19H27NO3. The molecule has 1 aromatic carbocycles. The first-order chi connectivity index (χ1) is 11.1. The van der Waals surface area contributed by atoms with Gasteiger partial charge in [0.25, 0.3) is 0 Å². The summed E-state index contributed by atoms with van der Waals surface area (Å²) in [5, 5.41) is 33.1. The molecule has 0 radical (unpaired) electrons. The minimum Gasteiger partial charge on any atom is -0.508 e. The van der Waals surface area contributed by atoms with E-state index < -0.39 is 6.10 Å². The average molecular weight is 317 g/mol. The molecule has 126 valence electrons. The number of phenols is 1. The maximum absolute atomic E-state index is 10.5. The van der Waals surface area contributed by atoms with Crippen molar-refractivity contribution < 1.29 is 15.3 Å². The molecule has 5 rings (SSSR count). The van der Waals surface area contributed by atoms with Gasteiger partial charge in [0.05, 0.1) is 12.7 Å². The predicted molar refractivity (Wildman–Crippen MR) is 87.9 cm³/mol.